The van der Waals surface area contributed by atoms with Gasteiger partial charge < -0.3 is 29.9 Å². The van der Waals surface area contributed by atoms with Crippen LogP contribution in [0.5, 0.6) is 0 Å². The summed E-state index contributed by atoms with van der Waals surface area (Å²) in [5, 5.41) is 47.0. The molecule has 4 aliphatic carbocycles. The second-order valence-corrected chi connectivity index (χ2v) is 17.9. The number of rotatable bonds is 10. The van der Waals surface area contributed by atoms with Gasteiger partial charge in [0.2, 0.25) is 0 Å². The largest absolute Gasteiger partial charge is 0.462 e. The van der Waals surface area contributed by atoms with E-state index in [4.69, 9.17) is 9.47 Å². The Morgan fingerprint density at radius 1 is 0.860 bits per heavy atom. The van der Waals surface area contributed by atoms with E-state index in [2.05, 4.69) is 40.0 Å². The van der Waals surface area contributed by atoms with E-state index in [-0.39, 0.29) is 35.7 Å². The third-order valence-electron chi connectivity index (χ3n) is 15.2. The quantitative estimate of drug-likeness (QED) is 0.111. The Kier molecular flexibility index (Phi) is 11.6. The first kappa shape index (κ1) is 40.5. The van der Waals surface area contributed by atoms with E-state index < -0.39 is 64.1 Å². The van der Waals surface area contributed by atoms with Gasteiger partial charge in [0.15, 0.2) is 0 Å². The summed E-state index contributed by atoms with van der Waals surface area (Å²) in [4.78, 5) is 25.7. The third-order valence-corrected chi connectivity index (χ3v) is 15.2. The molecule has 50 heavy (non-hydrogen) atoms. The van der Waals surface area contributed by atoms with E-state index in [1.807, 2.05) is 19.9 Å². The van der Waals surface area contributed by atoms with Gasteiger partial charge in [0.05, 0.1) is 30.8 Å². The third kappa shape index (κ3) is 6.08. The van der Waals surface area contributed by atoms with E-state index in [9.17, 15) is 30.0 Å². The topological polar surface area (TPSA) is 134 Å². The molecule has 4 saturated carbocycles. The summed E-state index contributed by atoms with van der Waals surface area (Å²) in [6.45, 7) is 26.0. The van der Waals surface area contributed by atoms with Crippen LogP contribution in [0.15, 0.2) is 48.6 Å². The van der Waals surface area contributed by atoms with Crippen LogP contribution in [-0.2, 0) is 19.1 Å². The van der Waals surface area contributed by atoms with Crippen LogP contribution in [0.25, 0.3) is 0 Å². The summed E-state index contributed by atoms with van der Waals surface area (Å²) in [6.07, 6.45) is 8.83. The van der Waals surface area contributed by atoms with Gasteiger partial charge in [0.25, 0.3) is 0 Å². The van der Waals surface area contributed by atoms with Crippen molar-refractivity contribution in [3.05, 3.63) is 48.6 Å². The highest BCUT2D eigenvalue weighted by Gasteiger charge is 2.70. The average Bonchev–Trinajstić information content (AvgIpc) is 3.07. The highest BCUT2D eigenvalue weighted by atomic mass is 16.6. The fraction of sp³-hybridized carbons (Fsp3) is 0.762. The lowest BCUT2D eigenvalue weighted by molar-refractivity contribution is -0.276. The molecule has 4 N–H and O–H groups in total. The molecular weight excluding hydrogens is 632 g/mol. The number of aliphatic hydroxyl groups is 4. The number of ether oxygens (including phenoxy) is 2. The summed E-state index contributed by atoms with van der Waals surface area (Å²) in [5.74, 6) is -1.07. The average molecular weight is 699 g/mol. The molecule has 0 aromatic heterocycles. The molecule has 0 aromatic carbocycles. The minimum atomic E-state index is -1.25. The molecule has 0 heterocycles. The van der Waals surface area contributed by atoms with Gasteiger partial charge in [-0.3, -0.25) is 0 Å². The Morgan fingerprint density at radius 2 is 1.48 bits per heavy atom. The molecule has 4 fully saturated rings. The smallest absolute Gasteiger partial charge is 0.333 e. The van der Waals surface area contributed by atoms with Crippen molar-refractivity contribution in [1.82, 2.24) is 0 Å². The molecule has 8 heteroatoms. The molecule has 0 aliphatic heterocycles. The van der Waals surface area contributed by atoms with Gasteiger partial charge in [-0.15, -0.1) is 13.2 Å². The zero-order valence-corrected chi connectivity index (χ0v) is 32.3. The number of hydrogen-bond donors (Lipinski definition) is 4. The van der Waals surface area contributed by atoms with Crippen molar-refractivity contribution in [1.29, 1.82) is 0 Å². The minimum absolute atomic E-state index is 0.00635. The first-order valence-electron chi connectivity index (χ1n) is 18.8. The molecule has 3 unspecified atom stereocenters. The number of fused-ring (bicyclic) bond motifs is 2. The van der Waals surface area contributed by atoms with Crippen molar-refractivity contribution in [2.45, 2.75) is 138 Å². The lowest BCUT2D eigenvalue weighted by atomic mass is 9.35. The standard InChI is InChI=1S/C42H66O8/c1-12-16-30-40(11,19-17-29-39(10,25-49-35(47)26(5)13-2)31(44)18-20-41(29,30)15-4)38(9)22-28-21-37(7,8)34(50-36(48)27(6)14-3)33(46)42(28,24-43)32(45)23-38/h12-15,28-34,43-46H,1,4,16-25H2,2-3,5-11H3/b26-13-,27-14-/t28?,29?,30?,31-,32+,33-,34-,38-,39+,40+,41-,42-/m0/s1. The van der Waals surface area contributed by atoms with Crippen LogP contribution < -0.4 is 0 Å². The molecule has 0 amide bonds. The maximum absolute atomic E-state index is 12.9. The lowest BCUT2D eigenvalue weighted by Gasteiger charge is -2.70. The van der Waals surface area contributed by atoms with Crippen LogP contribution in [0.2, 0.25) is 0 Å². The summed E-state index contributed by atoms with van der Waals surface area (Å²) >= 11 is 0. The Labute approximate surface area is 301 Å². The summed E-state index contributed by atoms with van der Waals surface area (Å²) in [7, 11) is 0. The second-order valence-electron chi connectivity index (χ2n) is 17.9. The van der Waals surface area contributed by atoms with E-state index in [0.717, 1.165) is 19.3 Å². The molecule has 0 radical (unpaired) electrons. The Balaban J connectivity index is 1.75. The minimum Gasteiger partial charge on any atom is -0.462 e. The van der Waals surface area contributed by atoms with E-state index >= 15 is 0 Å². The van der Waals surface area contributed by atoms with Crippen molar-refractivity contribution < 1.29 is 39.5 Å². The molecule has 12 atom stereocenters. The molecule has 282 valence electrons. The molecule has 0 aromatic rings. The first-order chi connectivity index (χ1) is 23.2. The molecular formula is C42H66O8. The van der Waals surface area contributed by atoms with Gasteiger partial charge >= 0.3 is 11.9 Å². The van der Waals surface area contributed by atoms with Gasteiger partial charge in [-0.25, -0.2) is 9.59 Å². The van der Waals surface area contributed by atoms with E-state index in [1.165, 1.54) is 0 Å². The highest BCUT2D eigenvalue weighted by Crippen LogP contribution is 2.73. The van der Waals surface area contributed by atoms with Crippen molar-refractivity contribution in [2.24, 2.45) is 50.2 Å². The molecule has 0 spiro atoms. The number of hydrogen-bond acceptors (Lipinski definition) is 8. The Bertz CT molecular complexity index is 1380. The number of carbonyl (C=O) groups excluding carboxylic acids is 2. The van der Waals surface area contributed by atoms with Gasteiger partial charge in [0.1, 0.15) is 12.2 Å². The van der Waals surface area contributed by atoms with Crippen molar-refractivity contribution in [2.75, 3.05) is 13.2 Å². The zero-order chi connectivity index (χ0) is 37.7. The van der Waals surface area contributed by atoms with Crippen molar-refractivity contribution in [3.63, 3.8) is 0 Å². The molecule has 0 saturated heterocycles. The maximum atomic E-state index is 12.9. The van der Waals surface area contributed by atoms with Crippen LogP contribution in [0, 0.1) is 50.2 Å². The predicted molar refractivity (Wildman–Crippen MR) is 196 cm³/mol. The lowest BCUT2D eigenvalue weighted by Crippen LogP contribution is -2.70. The van der Waals surface area contributed by atoms with Gasteiger partial charge in [0, 0.05) is 22.0 Å². The summed E-state index contributed by atoms with van der Waals surface area (Å²) < 4.78 is 11.8. The summed E-state index contributed by atoms with van der Waals surface area (Å²) in [6, 6.07) is 0. The Morgan fingerprint density at radius 3 is 2.04 bits per heavy atom. The number of aliphatic hydroxyl groups excluding tert-OH is 4. The number of allylic oxidation sites excluding steroid dienone is 4. The maximum Gasteiger partial charge on any atom is 0.333 e. The van der Waals surface area contributed by atoms with Crippen molar-refractivity contribution >= 4 is 11.9 Å². The number of carbonyl (C=O) groups is 2. The van der Waals surface area contributed by atoms with Gasteiger partial charge in [-0.2, -0.15) is 0 Å². The van der Waals surface area contributed by atoms with Crippen LogP contribution >= 0.6 is 0 Å². The molecule has 4 rings (SSSR count). The Hall–Kier alpha value is -2.26. The van der Waals surface area contributed by atoms with E-state index in [1.54, 1.807) is 39.8 Å². The normalized spacial score (nSPS) is 44.7. The van der Waals surface area contributed by atoms with Crippen LogP contribution in [-0.4, -0.2) is 70.0 Å². The SMILES string of the molecule is C=CCC1[C@@]2(C=C)CC[C@H](O)[C@](C)(COC(=O)/C(C)=C\C)C2CC[C@@]1(C)[C@@]1(C)CC2CC(C)(C)[C@@H](OC(=O)/C(C)=C\C)[C@H](O)[C@]2(CO)[C@H](O)C1. The second kappa shape index (κ2) is 14.3. The van der Waals surface area contributed by atoms with E-state index in [0.29, 0.717) is 43.3 Å². The highest BCUT2D eigenvalue weighted by molar-refractivity contribution is 5.88. The monoisotopic (exact) mass is 698 g/mol. The van der Waals surface area contributed by atoms with Crippen LogP contribution in [0.3, 0.4) is 0 Å². The molecule has 8 nitrogen and oxygen atoms in total. The fourth-order valence-corrected chi connectivity index (χ4v) is 11.6. The zero-order valence-electron chi connectivity index (χ0n) is 32.3. The van der Waals surface area contributed by atoms with Crippen LogP contribution in [0.1, 0.15) is 114 Å². The molecule has 4 aliphatic rings. The van der Waals surface area contributed by atoms with Crippen LogP contribution in [0.4, 0.5) is 0 Å². The van der Waals surface area contributed by atoms with Gasteiger partial charge in [-0.1, -0.05) is 58.9 Å². The van der Waals surface area contributed by atoms with Crippen molar-refractivity contribution in [3.8, 4) is 0 Å². The molecule has 0 bridgehead atoms. The summed E-state index contributed by atoms with van der Waals surface area (Å²) in [5.41, 5.74) is -2.71. The fourth-order valence-electron chi connectivity index (χ4n) is 11.6. The van der Waals surface area contributed by atoms with Gasteiger partial charge in [-0.05, 0) is 113 Å². The number of esters is 2. The predicted octanol–water partition coefficient (Wildman–Crippen LogP) is 6.86. The first-order valence-corrected chi connectivity index (χ1v) is 18.8.